The number of aromatic nitrogens is 1. The SMILES string of the molecule is O=C(NC(CO)c1ccccc1)c1cnc(-c2ccsc2)s1. The quantitative estimate of drug-likeness (QED) is 0.754. The van der Waals surface area contributed by atoms with E-state index in [1.54, 1.807) is 17.5 Å². The molecule has 1 aromatic carbocycles. The number of carbonyl (C=O) groups excluding carboxylic acids is 1. The molecule has 3 rings (SSSR count). The van der Waals surface area contributed by atoms with Gasteiger partial charge in [-0.15, -0.1) is 11.3 Å². The molecule has 0 bridgehead atoms. The summed E-state index contributed by atoms with van der Waals surface area (Å²) in [6.07, 6.45) is 1.58. The first-order chi connectivity index (χ1) is 10.8. The maximum Gasteiger partial charge on any atom is 0.263 e. The van der Waals surface area contributed by atoms with Crippen LogP contribution in [0.1, 0.15) is 21.3 Å². The molecule has 2 N–H and O–H groups in total. The van der Waals surface area contributed by atoms with Crippen LogP contribution in [0.4, 0.5) is 0 Å². The fourth-order valence-corrected chi connectivity index (χ4v) is 3.58. The number of nitrogens with zero attached hydrogens (tertiary/aromatic N) is 1. The second-order valence-electron chi connectivity index (χ2n) is 4.66. The van der Waals surface area contributed by atoms with Crippen LogP contribution in [-0.2, 0) is 0 Å². The van der Waals surface area contributed by atoms with Crippen molar-refractivity contribution in [2.45, 2.75) is 6.04 Å². The highest BCUT2D eigenvalue weighted by Crippen LogP contribution is 2.27. The van der Waals surface area contributed by atoms with Gasteiger partial charge in [0.1, 0.15) is 9.88 Å². The number of thiophene rings is 1. The number of rotatable bonds is 5. The molecule has 2 heterocycles. The van der Waals surface area contributed by atoms with Gasteiger partial charge in [-0.3, -0.25) is 4.79 Å². The van der Waals surface area contributed by atoms with Crippen molar-refractivity contribution in [3.8, 4) is 10.6 Å². The minimum Gasteiger partial charge on any atom is -0.394 e. The van der Waals surface area contributed by atoms with E-state index in [1.165, 1.54) is 11.3 Å². The standard InChI is InChI=1S/C16H14N2O2S2/c19-9-13(11-4-2-1-3-5-11)18-15(20)14-8-17-16(22-14)12-6-7-21-10-12/h1-8,10,13,19H,9H2,(H,18,20). The first-order valence-electron chi connectivity index (χ1n) is 6.73. The molecule has 2 aromatic heterocycles. The summed E-state index contributed by atoms with van der Waals surface area (Å²) in [5.74, 6) is -0.220. The van der Waals surface area contributed by atoms with E-state index in [1.807, 2.05) is 47.2 Å². The molecule has 0 aliphatic rings. The van der Waals surface area contributed by atoms with Gasteiger partial charge in [-0.05, 0) is 17.0 Å². The van der Waals surface area contributed by atoms with Crippen molar-refractivity contribution in [2.24, 2.45) is 0 Å². The molecule has 0 aliphatic heterocycles. The average Bonchev–Trinajstić information content (AvgIpc) is 3.23. The second-order valence-corrected chi connectivity index (χ2v) is 6.47. The van der Waals surface area contributed by atoms with E-state index in [4.69, 9.17) is 0 Å². The van der Waals surface area contributed by atoms with Gasteiger partial charge in [-0.25, -0.2) is 4.98 Å². The van der Waals surface area contributed by atoms with E-state index in [0.717, 1.165) is 16.1 Å². The minimum atomic E-state index is -0.416. The monoisotopic (exact) mass is 330 g/mol. The zero-order chi connectivity index (χ0) is 15.4. The second kappa shape index (κ2) is 6.83. The van der Waals surface area contributed by atoms with Gasteiger partial charge in [-0.2, -0.15) is 11.3 Å². The van der Waals surface area contributed by atoms with Gasteiger partial charge < -0.3 is 10.4 Å². The lowest BCUT2D eigenvalue weighted by Crippen LogP contribution is -2.30. The Balaban J connectivity index is 1.74. The molecule has 0 spiro atoms. The van der Waals surface area contributed by atoms with Crippen LogP contribution in [-0.4, -0.2) is 22.6 Å². The van der Waals surface area contributed by atoms with Gasteiger partial charge in [0, 0.05) is 10.9 Å². The number of aliphatic hydroxyl groups is 1. The summed E-state index contributed by atoms with van der Waals surface area (Å²) in [5, 5.41) is 17.2. The van der Waals surface area contributed by atoms with Crippen molar-refractivity contribution in [2.75, 3.05) is 6.61 Å². The van der Waals surface area contributed by atoms with Gasteiger partial charge >= 0.3 is 0 Å². The molecule has 1 unspecified atom stereocenters. The number of nitrogens with one attached hydrogen (secondary N) is 1. The Hall–Kier alpha value is -2.02. The summed E-state index contributed by atoms with van der Waals surface area (Å²) < 4.78 is 0. The van der Waals surface area contributed by atoms with Crippen LogP contribution >= 0.6 is 22.7 Å². The summed E-state index contributed by atoms with van der Waals surface area (Å²) in [5.41, 5.74) is 1.90. The minimum absolute atomic E-state index is 0.147. The smallest absolute Gasteiger partial charge is 0.263 e. The zero-order valence-electron chi connectivity index (χ0n) is 11.6. The normalized spacial score (nSPS) is 12.0. The Morgan fingerprint density at radius 3 is 2.77 bits per heavy atom. The molecule has 0 fully saturated rings. The molecule has 4 nitrogen and oxygen atoms in total. The lowest BCUT2D eigenvalue weighted by atomic mass is 10.1. The maximum absolute atomic E-state index is 12.3. The first-order valence-corrected chi connectivity index (χ1v) is 8.49. The van der Waals surface area contributed by atoms with Gasteiger partial charge in [0.25, 0.3) is 5.91 Å². The van der Waals surface area contributed by atoms with E-state index in [9.17, 15) is 9.90 Å². The topological polar surface area (TPSA) is 62.2 Å². The number of benzene rings is 1. The Morgan fingerprint density at radius 1 is 1.27 bits per heavy atom. The highest BCUT2D eigenvalue weighted by atomic mass is 32.1. The molecule has 0 saturated heterocycles. The number of carbonyl (C=O) groups is 1. The number of hydrogen-bond acceptors (Lipinski definition) is 5. The van der Waals surface area contributed by atoms with E-state index in [-0.39, 0.29) is 12.5 Å². The molecular formula is C16H14N2O2S2. The van der Waals surface area contributed by atoms with E-state index >= 15 is 0 Å². The van der Waals surface area contributed by atoms with Crippen molar-refractivity contribution in [3.63, 3.8) is 0 Å². The third kappa shape index (κ3) is 3.24. The van der Waals surface area contributed by atoms with E-state index in [0.29, 0.717) is 4.88 Å². The fraction of sp³-hybridized carbons (Fsp3) is 0.125. The van der Waals surface area contributed by atoms with Gasteiger partial charge in [0.15, 0.2) is 0 Å². The van der Waals surface area contributed by atoms with Crippen LogP contribution < -0.4 is 5.32 Å². The van der Waals surface area contributed by atoms with Crippen LogP contribution in [0, 0.1) is 0 Å². The van der Waals surface area contributed by atoms with Crippen LogP contribution in [0.3, 0.4) is 0 Å². The lowest BCUT2D eigenvalue weighted by molar-refractivity contribution is 0.0920. The first kappa shape index (κ1) is 14.9. The van der Waals surface area contributed by atoms with Gasteiger partial charge in [0.05, 0.1) is 18.8 Å². The number of aliphatic hydroxyl groups excluding tert-OH is 1. The Bertz CT molecular complexity index is 739. The van der Waals surface area contributed by atoms with Crippen molar-refractivity contribution in [1.29, 1.82) is 0 Å². The Kier molecular flexibility index (Phi) is 4.62. The maximum atomic E-state index is 12.3. The zero-order valence-corrected chi connectivity index (χ0v) is 13.2. The third-order valence-corrected chi connectivity index (χ3v) is 4.92. The molecule has 22 heavy (non-hydrogen) atoms. The number of thiazole rings is 1. The summed E-state index contributed by atoms with van der Waals surface area (Å²) in [4.78, 5) is 17.1. The molecular weight excluding hydrogens is 316 g/mol. The van der Waals surface area contributed by atoms with Crippen LogP contribution in [0.25, 0.3) is 10.6 Å². The molecule has 0 radical (unpaired) electrons. The highest BCUT2D eigenvalue weighted by Gasteiger charge is 2.17. The van der Waals surface area contributed by atoms with Gasteiger partial charge in [0.2, 0.25) is 0 Å². The van der Waals surface area contributed by atoms with E-state index in [2.05, 4.69) is 10.3 Å². The Morgan fingerprint density at radius 2 is 2.09 bits per heavy atom. The summed E-state index contributed by atoms with van der Waals surface area (Å²) in [6.45, 7) is -0.147. The van der Waals surface area contributed by atoms with Crippen molar-refractivity contribution in [3.05, 3.63) is 63.8 Å². The molecule has 6 heteroatoms. The van der Waals surface area contributed by atoms with Crippen LogP contribution in [0.2, 0.25) is 0 Å². The van der Waals surface area contributed by atoms with Crippen molar-refractivity contribution < 1.29 is 9.90 Å². The molecule has 3 aromatic rings. The molecule has 0 saturated carbocycles. The number of amides is 1. The molecule has 1 amide bonds. The largest absolute Gasteiger partial charge is 0.394 e. The summed E-state index contributed by atoms with van der Waals surface area (Å²) in [6, 6.07) is 11.0. The van der Waals surface area contributed by atoms with Crippen molar-refractivity contribution in [1.82, 2.24) is 10.3 Å². The Labute approximate surface area is 136 Å². The average molecular weight is 330 g/mol. The number of hydrogen-bond donors (Lipinski definition) is 2. The predicted molar refractivity (Wildman–Crippen MR) is 89.2 cm³/mol. The van der Waals surface area contributed by atoms with Crippen LogP contribution in [0.15, 0.2) is 53.4 Å². The third-order valence-electron chi connectivity index (χ3n) is 3.19. The lowest BCUT2D eigenvalue weighted by Gasteiger charge is -2.15. The molecule has 1 atom stereocenters. The fourth-order valence-electron chi connectivity index (χ4n) is 2.05. The molecule has 0 aliphatic carbocycles. The highest BCUT2D eigenvalue weighted by molar-refractivity contribution is 7.17. The summed E-state index contributed by atoms with van der Waals surface area (Å²) >= 11 is 2.94. The summed E-state index contributed by atoms with van der Waals surface area (Å²) in [7, 11) is 0. The van der Waals surface area contributed by atoms with Gasteiger partial charge in [-0.1, -0.05) is 30.3 Å². The van der Waals surface area contributed by atoms with Crippen molar-refractivity contribution >= 4 is 28.6 Å². The predicted octanol–water partition coefficient (Wildman–Crippen LogP) is 3.34. The van der Waals surface area contributed by atoms with Crippen LogP contribution in [0.5, 0.6) is 0 Å². The molecule has 112 valence electrons. The van der Waals surface area contributed by atoms with E-state index < -0.39 is 6.04 Å².